The van der Waals surface area contributed by atoms with Gasteiger partial charge in [-0.25, -0.2) is 4.98 Å². The molecule has 7 nitrogen and oxygen atoms in total. The number of hydrogen-bond donors (Lipinski definition) is 3. The minimum atomic E-state index is -0.123. The number of ether oxygens (including phenoxy) is 1. The lowest BCUT2D eigenvalue weighted by molar-refractivity contribution is 0.0954. The van der Waals surface area contributed by atoms with E-state index in [0.717, 1.165) is 24.3 Å². The molecule has 0 saturated carbocycles. The van der Waals surface area contributed by atoms with Crippen LogP contribution in [0.25, 0.3) is 0 Å². The fourth-order valence-electron chi connectivity index (χ4n) is 2.39. The Balaban J connectivity index is 0.00000420. The Bertz CT molecular complexity index is 769. The third kappa shape index (κ3) is 9.31. The second kappa shape index (κ2) is 14.0. The van der Waals surface area contributed by atoms with Crippen molar-refractivity contribution in [1.82, 2.24) is 20.9 Å². The maximum Gasteiger partial charge on any atom is 0.251 e. The first kappa shape index (κ1) is 25.0. The second-order valence-electron chi connectivity index (χ2n) is 5.91. The van der Waals surface area contributed by atoms with Crippen LogP contribution < -0.4 is 20.7 Å². The molecule has 0 fully saturated rings. The molecule has 158 valence electrons. The van der Waals surface area contributed by atoms with E-state index in [2.05, 4.69) is 25.9 Å². The number of benzene rings is 1. The molecule has 1 aromatic carbocycles. The summed E-state index contributed by atoms with van der Waals surface area (Å²) >= 11 is 5.79. The van der Waals surface area contributed by atoms with Crippen molar-refractivity contribution in [1.29, 1.82) is 0 Å². The maximum absolute atomic E-state index is 12.1. The van der Waals surface area contributed by atoms with Crippen molar-refractivity contribution >= 4 is 47.4 Å². The van der Waals surface area contributed by atoms with Gasteiger partial charge in [0.1, 0.15) is 10.9 Å². The Hall–Kier alpha value is -2.07. The molecular formula is C20H27ClIN5O2. The van der Waals surface area contributed by atoms with Gasteiger partial charge in [0.15, 0.2) is 5.96 Å². The Morgan fingerprint density at radius 2 is 1.83 bits per heavy atom. The lowest BCUT2D eigenvalue weighted by Crippen LogP contribution is -2.41. The highest BCUT2D eigenvalue weighted by Crippen LogP contribution is 2.10. The largest absolute Gasteiger partial charge is 0.497 e. The molecule has 0 unspecified atom stereocenters. The summed E-state index contributed by atoms with van der Waals surface area (Å²) in [5.41, 5.74) is 1.67. The molecule has 2 aromatic rings. The molecular weight excluding hydrogens is 505 g/mol. The van der Waals surface area contributed by atoms with Crippen LogP contribution in [0.15, 0.2) is 47.6 Å². The van der Waals surface area contributed by atoms with Gasteiger partial charge >= 0.3 is 0 Å². The van der Waals surface area contributed by atoms with Crippen molar-refractivity contribution in [2.24, 2.45) is 4.99 Å². The van der Waals surface area contributed by atoms with E-state index in [-0.39, 0.29) is 29.9 Å². The first-order chi connectivity index (χ1) is 13.6. The van der Waals surface area contributed by atoms with Crippen LogP contribution in [0.3, 0.4) is 0 Å². The van der Waals surface area contributed by atoms with Gasteiger partial charge in [-0.2, -0.15) is 0 Å². The number of aliphatic imine (C=N–C) groups is 1. The molecule has 0 atom stereocenters. The number of carbonyl (C=O) groups excluding carboxylic acids is 1. The Kier molecular flexibility index (Phi) is 12.1. The molecule has 9 heteroatoms. The highest BCUT2D eigenvalue weighted by Gasteiger charge is 2.05. The Labute approximate surface area is 193 Å². The molecule has 1 amide bonds. The molecule has 0 aliphatic carbocycles. The molecule has 0 bridgehead atoms. The summed E-state index contributed by atoms with van der Waals surface area (Å²) in [5.74, 6) is 1.31. The van der Waals surface area contributed by atoms with Gasteiger partial charge in [-0.3, -0.25) is 9.79 Å². The normalized spacial score (nSPS) is 10.7. The predicted octanol–water partition coefficient (Wildman–Crippen LogP) is 2.89. The zero-order chi connectivity index (χ0) is 20.2. The SMILES string of the molecule is CCNC(=NCCc1ccc(Cl)nc1)NCCNC(=O)c1ccc(OC)cc1.I. The van der Waals surface area contributed by atoms with Gasteiger partial charge < -0.3 is 20.7 Å². The summed E-state index contributed by atoms with van der Waals surface area (Å²) in [7, 11) is 1.59. The topological polar surface area (TPSA) is 87.6 Å². The number of pyridine rings is 1. The molecule has 0 saturated heterocycles. The number of methoxy groups -OCH3 is 1. The van der Waals surface area contributed by atoms with Crippen LogP contribution in [0.1, 0.15) is 22.8 Å². The third-order valence-corrected chi connectivity index (χ3v) is 4.08. The summed E-state index contributed by atoms with van der Waals surface area (Å²) in [6, 6.07) is 10.7. The van der Waals surface area contributed by atoms with E-state index >= 15 is 0 Å². The van der Waals surface area contributed by atoms with E-state index in [1.54, 1.807) is 43.6 Å². The van der Waals surface area contributed by atoms with Gasteiger partial charge in [0.25, 0.3) is 5.91 Å². The molecule has 0 aliphatic rings. The van der Waals surface area contributed by atoms with Crippen LogP contribution in [-0.2, 0) is 6.42 Å². The van der Waals surface area contributed by atoms with E-state index < -0.39 is 0 Å². The fourth-order valence-corrected chi connectivity index (χ4v) is 2.51. The van der Waals surface area contributed by atoms with E-state index in [1.807, 2.05) is 13.0 Å². The predicted molar refractivity (Wildman–Crippen MR) is 128 cm³/mol. The highest BCUT2D eigenvalue weighted by molar-refractivity contribution is 14.0. The van der Waals surface area contributed by atoms with Crippen LogP contribution in [0.2, 0.25) is 5.15 Å². The summed E-state index contributed by atoms with van der Waals surface area (Å²) in [4.78, 5) is 20.7. The third-order valence-electron chi connectivity index (χ3n) is 3.86. The number of guanidine groups is 1. The summed E-state index contributed by atoms with van der Waals surface area (Å²) in [6.45, 7) is 4.43. The number of halogens is 2. The number of hydrogen-bond acceptors (Lipinski definition) is 4. The van der Waals surface area contributed by atoms with E-state index in [9.17, 15) is 4.79 Å². The van der Waals surface area contributed by atoms with Gasteiger partial charge in [0.2, 0.25) is 0 Å². The zero-order valence-electron chi connectivity index (χ0n) is 16.6. The zero-order valence-corrected chi connectivity index (χ0v) is 19.7. The number of carbonyl (C=O) groups is 1. The highest BCUT2D eigenvalue weighted by atomic mass is 127. The quantitative estimate of drug-likeness (QED) is 0.152. The summed E-state index contributed by atoms with van der Waals surface area (Å²) in [5, 5.41) is 9.76. The molecule has 0 radical (unpaired) electrons. The van der Waals surface area contributed by atoms with Crippen molar-refractivity contribution in [3.05, 3.63) is 58.9 Å². The van der Waals surface area contributed by atoms with Gasteiger partial charge in [-0.05, 0) is 49.2 Å². The number of aromatic nitrogens is 1. The molecule has 2 rings (SSSR count). The lowest BCUT2D eigenvalue weighted by Gasteiger charge is -2.12. The maximum atomic E-state index is 12.1. The van der Waals surface area contributed by atoms with Crippen LogP contribution in [0.5, 0.6) is 5.75 Å². The van der Waals surface area contributed by atoms with Gasteiger partial charge in [0, 0.05) is 37.9 Å². The van der Waals surface area contributed by atoms with Gasteiger partial charge in [-0.15, -0.1) is 24.0 Å². The fraction of sp³-hybridized carbons (Fsp3) is 0.350. The van der Waals surface area contributed by atoms with E-state index in [4.69, 9.17) is 16.3 Å². The van der Waals surface area contributed by atoms with Crippen LogP contribution >= 0.6 is 35.6 Å². The minimum Gasteiger partial charge on any atom is -0.497 e. The van der Waals surface area contributed by atoms with Crippen LogP contribution in [0, 0.1) is 0 Å². The van der Waals surface area contributed by atoms with Crippen molar-refractivity contribution in [3.63, 3.8) is 0 Å². The van der Waals surface area contributed by atoms with Crippen LogP contribution in [0.4, 0.5) is 0 Å². The minimum absolute atomic E-state index is 0. The van der Waals surface area contributed by atoms with Crippen molar-refractivity contribution in [2.75, 3.05) is 33.3 Å². The number of nitrogens with one attached hydrogen (secondary N) is 3. The number of amides is 1. The van der Waals surface area contributed by atoms with Crippen LogP contribution in [-0.4, -0.2) is 50.1 Å². The van der Waals surface area contributed by atoms with Crippen molar-refractivity contribution < 1.29 is 9.53 Å². The average Bonchev–Trinajstić information content (AvgIpc) is 2.72. The number of rotatable bonds is 9. The smallest absolute Gasteiger partial charge is 0.251 e. The summed E-state index contributed by atoms with van der Waals surface area (Å²) in [6.07, 6.45) is 2.53. The molecule has 0 spiro atoms. The Morgan fingerprint density at radius 3 is 2.45 bits per heavy atom. The lowest BCUT2D eigenvalue weighted by atomic mass is 10.2. The summed E-state index contributed by atoms with van der Waals surface area (Å²) < 4.78 is 5.09. The van der Waals surface area contributed by atoms with Crippen molar-refractivity contribution in [2.45, 2.75) is 13.3 Å². The molecule has 1 aromatic heterocycles. The Morgan fingerprint density at radius 1 is 1.10 bits per heavy atom. The molecule has 29 heavy (non-hydrogen) atoms. The molecule has 0 aliphatic heterocycles. The first-order valence-electron chi connectivity index (χ1n) is 9.17. The molecule has 3 N–H and O–H groups in total. The van der Waals surface area contributed by atoms with E-state index in [1.165, 1.54) is 0 Å². The standard InChI is InChI=1S/C20H26ClN5O2.HI/c1-3-22-20(24-11-10-15-4-9-18(21)26-14-15)25-13-12-23-19(27)16-5-7-17(28-2)8-6-16;/h4-9,14H,3,10-13H2,1-2H3,(H,23,27)(H2,22,24,25);1H. The monoisotopic (exact) mass is 531 g/mol. The molecule has 1 heterocycles. The van der Waals surface area contributed by atoms with E-state index in [0.29, 0.717) is 36.3 Å². The van der Waals surface area contributed by atoms with Crippen molar-refractivity contribution in [3.8, 4) is 5.75 Å². The van der Waals surface area contributed by atoms with Gasteiger partial charge in [-0.1, -0.05) is 17.7 Å². The number of nitrogens with zero attached hydrogens (tertiary/aromatic N) is 2. The second-order valence-corrected chi connectivity index (χ2v) is 6.30. The first-order valence-corrected chi connectivity index (χ1v) is 9.55. The van der Waals surface area contributed by atoms with Gasteiger partial charge in [0.05, 0.1) is 7.11 Å². The average molecular weight is 532 g/mol.